The second kappa shape index (κ2) is 6.56. The maximum atomic E-state index is 12.5. The van der Waals surface area contributed by atoms with Crippen LogP contribution in [0.4, 0.5) is 0 Å². The average molecular weight is 383 g/mol. The molecule has 0 bridgehead atoms. The number of hydrogen-bond acceptors (Lipinski definition) is 5. The van der Waals surface area contributed by atoms with Crippen LogP contribution in [0.1, 0.15) is 5.56 Å². The van der Waals surface area contributed by atoms with Crippen LogP contribution in [-0.2, 0) is 0 Å². The lowest BCUT2D eigenvalue weighted by molar-refractivity contribution is 0.398. The summed E-state index contributed by atoms with van der Waals surface area (Å²) in [4.78, 5) is 19.7. The highest BCUT2D eigenvalue weighted by Crippen LogP contribution is 2.28. The number of rotatable bonds is 3. The molecule has 0 aliphatic heterocycles. The largest absolute Gasteiger partial charge is 0.481 e. The first-order valence-corrected chi connectivity index (χ1v) is 9.13. The minimum atomic E-state index is -0.260. The summed E-state index contributed by atoms with van der Waals surface area (Å²) in [6.45, 7) is 2.03. The molecule has 7 nitrogen and oxygen atoms in total. The van der Waals surface area contributed by atoms with Crippen LogP contribution < -0.4 is 10.3 Å². The van der Waals surface area contributed by atoms with E-state index in [1.165, 1.54) is 0 Å². The molecule has 0 aliphatic rings. The van der Waals surface area contributed by atoms with Crippen LogP contribution in [-0.4, -0.2) is 32.1 Å². The molecule has 1 N–H and O–H groups in total. The molecule has 0 unspecified atom stereocenters. The van der Waals surface area contributed by atoms with Gasteiger partial charge in [0, 0.05) is 23.2 Å². The number of fused-ring (bicyclic) bond motifs is 3. The number of ether oxygens (including phenoxy) is 1. The van der Waals surface area contributed by atoms with E-state index in [1.807, 2.05) is 61.5 Å². The number of aromatic nitrogens is 5. The van der Waals surface area contributed by atoms with E-state index in [4.69, 9.17) is 4.74 Å². The number of pyridine rings is 2. The Balaban J connectivity index is 1.78. The van der Waals surface area contributed by atoms with Crippen molar-refractivity contribution in [2.24, 2.45) is 0 Å². The molecular weight excluding hydrogens is 366 g/mol. The predicted octanol–water partition coefficient (Wildman–Crippen LogP) is 3.64. The average Bonchev–Trinajstić information content (AvgIpc) is 3.20. The minimum Gasteiger partial charge on any atom is -0.481 e. The van der Waals surface area contributed by atoms with Crippen LogP contribution >= 0.6 is 0 Å². The van der Waals surface area contributed by atoms with E-state index < -0.39 is 0 Å². The Morgan fingerprint density at radius 1 is 1.00 bits per heavy atom. The highest BCUT2D eigenvalue weighted by Gasteiger charge is 2.15. The second-order valence-electron chi connectivity index (χ2n) is 6.84. The van der Waals surface area contributed by atoms with Crippen LogP contribution in [0.15, 0.2) is 65.6 Å². The molecule has 142 valence electrons. The molecule has 5 rings (SSSR count). The van der Waals surface area contributed by atoms with E-state index in [0.29, 0.717) is 16.9 Å². The number of benzene rings is 2. The number of hydrogen-bond donors (Lipinski definition) is 1. The fourth-order valence-corrected chi connectivity index (χ4v) is 3.43. The van der Waals surface area contributed by atoms with Gasteiger partial charge in [-0.2, -0.15) is 0 Å². The number of H-pyrrole nitrogens is 1. The van der Waals surface area contributed by atoms with E-state index in [1.54, 1.807) is 18.0 Å². The first kappa shape index (κ1) is 17.1. The van der Waals surface area contributed by atoms with Crippen molar-refractivity contribution in [1.29, 1.82) is 0 Å². The summed E-state index contributed by atoms with van der Waals surface area (Å²) < 4.78 is 6.85. The molecule has 29 heavy (non-hydrogen) atoms. The number of aromatic amines is 1. The summed E-state index contributed by atoms with van der Waals surface area (Å²) >= 11 is 0. The van der Waals surface area contributed by atoms with E-state index in [-0.39, 0.29) is 5.56 Å². The lowest BCUT2D eigenvalue weighted by Gasteiger charge is -2.08. The van der Waals surface area contributed by atoms with E-state index >= 15 is 0 Å². The Hall–Kier alpha value is -4.00. The van der Waals surface area contributed by atoms with Crippen LogP contribution in [0.3, 0.4) is 0 Å². The van der Waals surface area contributed by atoms with E-state index in [0.717, 1.165) is 33.3 Å². The van der Waals surface area contributed by atoms with Crippen molar-refractivity contribution in [2.45, 2.75) is 6.92 Å². The fraction of sp³-hybridized carbons (Fsp3) is 0.0909. The summed E-state index contributed by atoms with van der Waals surface area (Å²) in [5, 5.41) is 9.24. The third-order valence-electron chi connectivity index (χ3n) is 4.97. The molecule has 5 aromatic rings. The topological polar surface area (TPSA) is 85.7 Å². The molecule has 0 saturated heterocycles. The van der Waals surface area contributed by atoms with Crippen molar-refractivity contribution in [3.63, 3.8) is 0 Å². The normalized spacial score (nSPS) is 11.2. The predicted molar refractivity (Wildman–Crippen MR) is 112 cm³/mol. The van der Waals surface area contributed by atoms with Gasteiger partial charge in [-0.3, -0.25) is 4.79 Å². The summed E-state index contributed by atoms with van der Waals surface area (Å²) in [5.41, 5.74) is 5.36. The lowest BCUT2D eigenvalue weighted by atomic mass is 10.0. The van der Waals surface area contributed by atoms with Gasteiger partial charge in [0.05, 0.1) is 18.3 Å². The molecule has 2 aromatic carbocycles. The molecule has 0 saturated carbocycles. The number of methoxy groups -OCH3 is 1. The van der Waals surface area contributed by atoms with Gasteiger partial charge in [-0.15, -0.1) is 5.10 Å². The molecule has 0 radical (unpaired) electrons. The third kappa shape index (κ3) is 2.84. The molecule has 0 amide bonds. The summed E-state index contributed by atoms with van der Waals surface area (Å²) in [6, 6.07) is 17.6. The highest BCUT2D eigenvalue weighted by atomic mass is 16.5. The number of nitrogens with zero attached hydrogens (tertiary/aromatic N) is 4. The number of aryl methyl sites for hydroxylation is 1. The zero-order chi connectivity index (χ0) is 20.0. The van der Waals surface area contributed by atoms with Gasteiger partial charge < -0.3 is 9.72 Å². The quantitative estimate of drug-likeness (QED) is 0.514. The maximum Gasteiger partial charge on any atom is 0.278 e. The van der Waals surface area contributed by atoms with Gasteiger partial charge in [0.15, 0.2) is 5.52 Å². The first-order valence-electron chi connectivity index (χ1n) is 9.13. The molecule has 3 aromatic heterocycles. The Morgan fingerprint density at radius 2 is 1.79 bits per heavy atom. The SMILES string of the molecule is COc1ccc(-c2ccc3[nH]c(=O)c4nnn(-c5ccc(C)cc5)c4c3c2)cn1. The standard InChI is InChI=1S/C22H17N5O2/c1-13-3-7-16(8-4-13)27-21-17-11-14(15-6-10-19(29-2)23-12-15)5-9-18(17)24-22(28)20(21)25-26-27/h3-12H,1-2H3,(H,24,28). The van der Waals surface area contributed by atoms with E-state index in [2.05, 4.69) is 20.3 Å². The van der Waals surface area contributed by atoms with Crippen LogP contribution in [0.2, 0.25) is 0 Å². The summed E-state index contributed by atoms with van der Waals surface area (Å²) in [7, 11) is 1.59. The van der Waals surface area contributed by atoms with Gasteiger partial charge in [0.2, 0.25) is 5.88 Å². The van der Waals surface area contributed by atoms with Gasteiger partial charge in [0.25, 0.3) is 5.56 Å². The van der Waals surface area contributed by atoms with Crippen molar-refractivity contribution < 1.29 is 4.74 Å². The highest BCUT2D eigenvalue weighted by molar-refractivity contribution is 6.03. The van der Waals surface area contributed by atoms with Crippen molar-refractivity contribution in [3.05, 3.63) is 76.7 Å². The van der Waals surface area contributed by atoms with Gasteiger partial charge in [0.1, 0.15) is 5.52 Å². The Kier molecular flexibility index (Phi) is 3.87. The maximum absolute atomic E-state index is 12.5. The molecule has 3 heterocycles. The summed E-state index contributed by atoms with van der Waals surface area (Å²) in [5.74, 6) is 0.558. The second-order valence-corrected chi connectivity index (χ2v) is 6.84. The fourth-order valence-electron chi connectivity index (χ4n) is 3.43. The molecule has 0 atom stereocenters. The van der Waals surface area contributed by atoms with Crippen molar-refractivity contribution in [2.75, 3.05) is 7.11 Å². The van der Waals surface area contributed by atoms with Gasteiger partial charge >= 0.3 is 0 Å². The first-order chi connectivity index (χ1) is 14.1. The van der Waals surface area contributed by atoms with Crippen LogP contribution in [0, 0.1) is 6.92 Å². The van der Waals surface area contributed by atoms with Gasteiger partial charge in [-0.25, -0.2) is 9.67 Å². The zero-order valence-electron chi connectivity index (χ0n) is 15.9. The molecule has 0 aliphatic carbocycles. The lowest BCUT2D eigenvalue weighted by Crippen LogP contribution is -2.07. The third-order valence-corrected chi connectivity index (χ3v) is 4.97. The minimum absolute atomic E-state index is 0.260. The Morgan fingerprint density at radius 3 is 2.52 bits per heavy atom. The van der Waals surface area contributed by atoms with Gasteiger partial charge in [-0.05, 0) is 42.8 Å². The van der Waals surface area contributed by atoms with Gasteiger partial charge in [-0.1, -0.05) is 29.0 Å². The monoisotopic (exact) mass is 383 g/mol. The smallest absolute Gasteiger partial charge is 0.278 e. The number of nitrogens with one attached hydrogen (secondary N) is 1. The van der Waals surface area contributed by atoms with Crippen molar-refractivity contribution in [1.82, 2.24) is 25.0 Å². The van der Waals surface area contributed by atoms with Crippen LogP contribution in [0.25, 0.3) is 38.8 Å². The molecule has 0 fully saturated rings. The molecular formula is C22H17N5O2. The Labute approximate surface area is 165 Å². The summed E-state index contributed by atoms with van der Waals surface area (Å²) in [6.07, 6.45) is 1.76. The molecule has 0 spiro atoms. The van der Waals surface area contributed by atoms with Crippen molar-refractivity contribution in [3.8, 4) is 22.7 Å². The van der Waals surface area contributed by atoms with E-state index in [9.17, 15) is 4.79 Å². The van der Waals surface area contributed by atoms with Crippen LogP contribution in [0.5, 0.6) is 5.88 Å². The Bertz CT molecular complexity index is 1400. The van der Waals surface area contributed by atoms with Crippen molar-refractivity contribution >= 4 is 21.9 Å². The molecule has 7 heteroatoms. The zero-order valence-corrected chi connectivity index (χ0v) is 15.9.